The lowest BCUT2D eigenvalue weighted by Gasteiger charge is -2.28. The van der Waals surface area contributed by atoms with Crippen LogP contribution in [-0.4, -0.2) is 18.2 Å². The molecule has 2 aromatic carbocycles. The summed E-state index contributed by atoms with van der Waals surface area (Å²) in [6, 6.07) is 5.95. The van der Waals surface area contributed by atoms with Crippen molar-refractivity contribution < 1.29 is 35.9 Å². The summed E-state index contributed by atoms with van der Waals surface area (Å²) in [5.41, 5.74) is -2.51. The van der Waals surface area contributed by atoms with E-state index in [0.29, 0.717) is 47.8 Å². The number of amides is 1. The maximum absolute atomic E-state index is 13.2. The topological polar surface area (TPSA) is 41.6 Å². The highest BCUT2D eigenvalue weighted by molar-refractivity contribution is 6.31. The van der Waals surface area contributed by atoms with Crippen LogP contribution in [0.2, 0.25) is 5.02 Å². The van der Waals surface area contributed by atoms with Crippen LogP contribution < -0.4 is 10.2 Å². The molecule has 3 rings (SSSR count). The van der Waals surface area contributed by atoms with Crippen molar-refractivity contribution in [3.8, 4) is 0 Å². The Morgan fingerprint density at radius 1 is 1.03 bits per heavy atom. The fourth-order valence-corrected chi connectivity index (χ4v) is 4.02. The molecule has 0 aromatic heterocycles. The van der Waals surface area contributed by atoms with Crippen LogP contribution in [0.3, 0.4) is 0 Å². The predicted octanol–water partition coefficient (Wildman–Crippen LogP) is 7.74. The summed E-state index contributed by atoms with van der Waals surface area (Å²) in [6.45, 7) is 5.26. The van der Waals surface area contributed by atoms with Gasteiger partial charge in [-0.2, -0.15) is 26.3 Å². The highest BCUT2D eigenvalue weighted by Crippen LogP contribution is 2.38. The van der Waals surface area contributed by atoms with Crippen LogP contribution in [0, 0.1) is 0 Å². The summed E-state index contributed by atoms with van der Waals surface area (Å²) in [4.78, 5) is 14.3. The van der Waals surface area contributed by atoms with E-state index in [1.54, 1.807) is 39.0 Å². The van der Waals surface area contributed by atoms with Crippen molar-refractivity contribution in [2.75, 3.05) is 11.4 Å². The van der Waals surface area contributed by atoms with Gasteiger partial charge in [0.05, 0.1) is 16.8 Å². The van der Waals surface area contributed by atoms with Crippen LogP contribution in [0.15, 0.2) is 36.4 Å². The van der Waals surface area contributed by atoms with Crippen LogP contribution in [0.4, 0.5) is 36.8 Å². The first-order valence-corrected chi connectivity index (χ1v) is 11.2. The van der Waals surface area contributed by atoms with Gasteiger partial charge in [-0.15, -0.1) is 0 Å². The minimum Gasteiger partial charge on any atom is -0.443 e. The second-order valence-corrected chi connectivity index (χ2v) is 9.76. The Morgan fingerprint density at radius 2 is 1.63 bits per heavy atom. The van der Waals surface area contributed by atoms with Gasteiger partial charge in [0.2, 0.25) is 0 Å². The SMILES string of the molecule is CC(C)(C)OC(=O)N1CCCC(NCc2cc(C(F)(F)F)cc(C(F)(F)F)c2)c2ccc(Cl)cc21. The Hall–Kier alpha value is -2.46. The van der Waals surface area contributed by atoms with Crippen LogP contribution >= 0.6 is 11.6 Å². The zero-order valence-electron chi connectivity index (χ0n) is 19.3. The lowest BCUT2D eigenvalue weighted by molar-refractivity contribution is -0.143. The normalized spacial score (nSPS) is 17.1. The van der Waals surface area contributed by atoms with Crippen molar-refractivity contribution in [3.63, 3.8) is 0 Å². The Morgan fingerprint density at radius 3 is 2.17 bits per heavy atom. The highest BCUT2D eigenvalue weighted by atomic mass is 35.5. The number of hydrogen-bond donors (Lipinski definition) is 1. The molecule has 1 unspecified atom stereocenters. The van der Waals surface area contributed by atoms with Crippen LogP contribution in [0.5, 0.6) is 0 Å². The lowest BCUT2D eigenvalue weighted by Crippen LogP contribution is -2.37. The average molecular weight is 523 g/mol. The number of carbonyl (C=O) groups excluding carboxylic acids is 1. The zero-order valence-corrected chi connectivity index (χ0v) is 20.0. The van der Waals surface area contributed by atoms with Gasteiger partial charge in [0.25, 0.3) is 0 Å². The van der Waals surface area contributed by atoms with Gasteiger partial charge in [0, 0.05) is 24.2 Å². The third-order valence-corrected chi connectivity index (χ3v) is 5.58. The van der Waals surface area contributed by atoms with Gasteiger partial charge in [0.15, 0.2) is 0 Å². The molecule has 4 nitrogen and oxygen atoms in total. The summed E-state index contributed by atoms with van der Waals surface area (Å²) in [6.07, 6.45) is -9.42. The second kappa shape index (κ2) is 9.89. The molecule has 35 heavy (non-hydrogen) atoms. The molecule has 0 radical (unpaired) electrons. The smallest absolute Gasteiger partial charge is 0.416 e. The van der Waals surface area contributed by atoms with E-state index in [0.717, 1.165) is 0 Å². The number of alkyl halides is 6. The summed E-state index contributed by atoms with van der Waals surface area (Å²) in [5, 5.41) is 3.43. The first-order chi connectivity index (χ1) is 16.0. The molecule has 0 bridgehead atoms. The molecule has 1 atom stereocenters. The van der Waals surface area contributed by atoms with E-state index in [1.165, 1.54) is 4.90 Å². The van der Waals surface area contributed by atoms with Gasteiger partial charge in [-0.05, 0) is 75.1 Å². The number of rotatable bonds is 3. The molecule has 1 aliphatic rings. The van der Waals surface area contributed by atoms with Crippen LogP contribution in [0.25, 0.3) is 0 Å². The van der Waals surface area contributed by atoms with E-state index in [9.17, 15) is 31.1 Å². The number of nitrogens with one attached hydrogen (secondary N) is 1. The van der Waals surface area contributed by atoms with Crippen molar-refractivity contribution in [2.45, 2.75) is 64.2 Å². The maximum atomic E-state index is 13.2. The van der Waals surface area contributed by atoms with Gasteiger partial charge in [0.1, 0.15) is 5.60 Å². The van der Waals surface area contributed by atoms with E-state index >= 15 is 0 Å². The first-order valence-electron chi connectivity index (χ1n) is 10.9. The lowest BCUT2D eigenvalue weighted by atomic mass is 10.00. The Labute approximate surface area is 204 Å². The number of hydrogen-bond acceptors (Lipinski definition) is 3. The molecule has 0 fully saturated rings. The molecule has 11 heteroatoms. The molecule has 0 spiro atoms. The predicted molar refractivity (Wildman–Crippen MR) is 120 cm³/mol. The molecule has 0 aliphatic carbocycles. The van der Waals surface area contributed by atoms with Gasteiger partial charge >= 0.3 is 18.4 Å². The highest BCUT2D eigenvalue weighted by Gasteiger charge is 2.37. The maximum Gasteiger partial charge on any atom is 0.416 e. The molecule has 1 amide bonds. The molecule has 0 saturated heterocycles. The van der Waals surface area contributed by atoms with Crippen molar-refractivity contribution in [1.29, 1.82) is 0 Å². The molecule has 1 N–H and O–H groups in total. The van der Waals surface area contributed by atoms with Gasteiger partial charge in [-0.25, -0.2) is 4.79 Å². The summed E-state index contributed by atoms with van der Waals surface area (Å²) in [5.74, 6) is 0. The van der Waals surface area contributed by atoms with Gasteiger partial charge < -0.3 is 10.1 Å². The largest absolute Gasteiger partial charge is 0.443 e. The zero-order chi connectivity index (χ0) is 26.2. The standard InChI is InChI=1S/C24H25ClF6N2O2/c1-22(2,3)35-21(34)33-8-4-5-19(18-7-6-17(25)12-20(18)33)32-13-14-9-15(23(26,27)28)11-16(10-14)24(29,30)31/h6-7,9-12,19,32H,4-5,8,13H2,1-3H3. The monoisotopic (exact) mass is 522 g/mol. The fraction of sp³-hybridized carbons (Fsp3) is 0.458. The molecule has 2 aromatic rings. The van der Waals surface area contributed by atoms with Gasteiger partial charge in [-0.3, -0.25) is 4.90 Å². The number of anilines is 1. The number of benzene rings is 2. The number of fused-ring (bicyclic) bond motifs is 1. The van der Waals surface area contributed by atoms with E-state index in [-0.39, 0.29) is 18.2 Å². The van der Waals surface area contributed by atoms with Crippen LogP contribution in [0.1, 0.15) is 61.9 Å². The van der Waals surface area contributed by atoms with E-state index < -0.39 is 41.2 Å². The van der Waals surface area contributed by atoms with Gasteiger partial charge in [-0.1, -0.05) is 17.7 Å². The average Bonchev–Trinajstić information content (AvgIpc) is 2.88. The first kappa shape index (κ1) is 27.1. The third-order valence-electron chi connectivity index (χ3n) is 5.35. The molecular weight excluding hydrogens is 498 g/mol. The second-order valence-electron chi connectivity index (χ2n) is 9.32. The number of ether oxygens (including phenoxy) is 1. The fourth-order valence-electron chi connectivity index (χ4n) is 3.86. The quantitative estimate of drug-likeness (QED) is 0.419. The van der Waals surface area contributed by atoms with E-state index in [2.05, 4.69) is 5.32 Å². The van der Waals surface area contributed by atoms with E-state index in [1.807, 2.05) is 0 Å². The Bertz CT molecular complexity index is 1050. The molecule has 192 valence electrons. The Kier molecular flexibility index (Phi) is 7.67. The van der Waals surface area contributed by atoms with Crippen molar-refractivity contribution in [1.82, 2.24) is 5.32 Å². The minimum atomic E-state index is -4.92. The number of nitrogens with zero attached hydrogens (tertiary/aromatic N) is 1. The van der Waals surface area contributed by atoms with Crippen molar-refractivity contribution in [3.05, 3.63) is 63.7 Å². The molecule has 0 saturated carbocycles. The number of carbonyl (C=O) groups is 1. The number of halogens is 7. The molecule has 1 aliphatic heterocycles. The van der Waals surface area contributed by atoms with E-state index in [4.69, 9.17) is 16.3 Å². The molecule has 1 heterocycles. The summed E-state index contributed by atoms with van der Waals surface area (Å²) in [7, 11) is 0. The van der Waals surface area contributed by atoms with Crippen molar-refractivity contribution in [2.24, 2.45) is 0 Å². The van der Waals surface area contributed by atoms with Crippen LogP contribution in [-0.2, 0) is 23.6 Å². The molecular formula is C24H25ClF6N2O2. The van der Waals surface area contributed by atoms with Crippen molar-refractivity contribution >= 4 is 23.4 Å². The minimum absolute atomic E-state index is 0.102. The summed E-state index contributed by atoms with van der Waals surface area (Å²) >= 11 is 6.16. The third kappa shape index (κ3) is 7.04. The Balaban J connectivity index is 1.91. The summed E-state index contributed by atoms with van der Waals surface area (Å²) < 4.78 is 84.7.